The Morgan fingerprint density at radius 3 is 2.82 bits per heavy atom. The van der Waals surface area contributed by atoms with Gasteiger partial charge in [-0.05, 0) is 49.2 Å². The van der Waals surface area contributed by atoms with Gasteiger partial charge in [0, 0.05) is 17.2 Å². The molecule has 5 nitrogen and oxygen atoms in total. The SMILES string of the molecule is Cc1noc(-c2cccnc2NCc2ccc(Br)cc2C)n1. The fourth-order valence-electron chi connectivity index (χ4n) is 2.16. The van der Waals surface area contributed by atoms with E-state index < -0.39 is 0 Å². The topological polar surface area (TPSA) is 63.8 Å². The normalized spacial score (nSPS) is 10.7. The molecule has 0 bridgehead atoms. The first-order chi connectivity index (χ1) is 10.6. The highest BCUT2D eigenvalue weighted by Gasteiger charge is 2.12. The van der Waals surface area contributed by atoms with Gasteiger partial charge < -0.3 is 9.84 Å². The Hall–Kier alpha value is -2.21. The fourth-order valence-corrected chi connectivity index (χ4v) is 2.64. The van der Waals surface area contributed by atoms with Crippen molar-refractivity contribution in [2.45, 2.75) is 20.4 Å². The second-order valence-corrected chi connectivity index (χ2v) is 5.89. The number of nitrogens with zero attached hydrogens (tertiary/aromatic N) is 3. The molecule has 112 valence electrons. The summed E-state index contributed by atoms with van der Waals surface area (Å²) in [7, 11) is 0. The van der Waals surface area contributed by atoms with Gasteiger partial charge in [0.15, 0.2) is 5.82 Å². The predicted molar refractivity (Wildman–Crippen MR) is 88.5 cm³/mol. The minimum atomic E-state index is 0.473. The molecule has 0 unspecified atom stereocenters. The van der Waals surface area contributed by atoms with Crippen LogP contribution in [0.5, 0.6) is 0 Å². The van der Waals surface area contributed by atoms with Crippen LogP contribution in [-0.2, 0) is 6.54 Å². The van der Waals surface area contributed by atoms with Crippen LogP contribution in [0, 0.1) is 13.8 Å². The second-order valence-electron chi connectivity index (χ2n) is 4.97. The predicted octanol–water partition coefficient (Wildman–Crippen LogP) is 4.12. The largest absolute Gasteiger partial charge is 0.365 e. The minimum Gasteiger partial charge on any atom is -0.365 e. The zero-order chi connectivity index (χ0) is 15.5. The van der Waals surface area contributed by atoms with Crippen LogP contribution in [0.4, 0.5) is 5.82 Å². The molecule has 0 saturated heterocycles. The maximum atomic E-state index is 5.24. The first kappa shape index (κ1) is 14.7. The smallest absolute Gasteiger partial charge is 0.261 e. The highest BCUT2D eigenvalue weighted by molar-refractivity contribution is 9.10. The molecule has 0 aliphatic heterocycles. The van der Waals surface area contributed by atoms with Gasteiger partial charge in [-0.2, -0.15) is 4.98 Å². The van der Waals surface area contributed by atoms with Crippen LogP contribution in [-0.4, -0.2) is 15.1 Å². The van der Waals surface area contributed by atoms with Crippen LogP contribution in [0.25, 0.3) is 11.5 Å². The summed E-state index contributed by atoms with van der Waals surface area (Å²) < 4.78 is 6.31. The summed E-state index contributed by atoms with van der Waals surface area (Å²) in [6.07, 6.45) is 1.74. The van der Waals surface area contributed by atoms with Gasteiger partial charge >= 0.3 is 0 Å². The Kier molecular flexibility index (Phi) is 4.20. The van der Waals surface area contributed by atoms with E-state index in [2.05, 4.69) is 55.4 Å². The summed E-state index contributed by atoms with van der Waals surface area (Å²) in [4.78, 5) is 8.64. The van der Waals surface area contributed by atoms with Crippen molar-refractivity contribution in [2.24, 2.45) is 0 Å². The summed E-state index contributed by atoms with van der Waals surface area (Å²) >= 11 is 3.48. The number of hydrogen-bond acceptors (Lipinski definition) is 5. The van der Waals surface area contributed by atoms with Crippen molar-refractivity contribution in [3.05, 3.63) is 58.0 Å². The number of nitrogens with one attached hydrogen (secondary N) is 1. The van der Waals surface area contributed by atoms with Crippen molar-refractivity contribution in [3.8, 4) is 11.5 Å². The van der Waals surface area contributed by atoms with E-state index >= 15 is 0 Å². The molecular formula is C16H15BrN4O. The summed E-state index contributed by atoms with van der Waals surface area (Å²) in [6, 6.07) is 9.98. The van der Waals surface area contributed by atoms with Gasteiger partial charge in [-0.25, -0.2) is 4.98 Å². The molecule has 0 radical (unpaired) electrons. The molecule has 22 heavy (non-hydrogen) atoms. The van der Waals surface area contributed by atoms with Crippen LogP contribution in [0.15, 0.2) is 45.5 Å². The summed E-state index contributed by atoms with van der Waals surface area (Å²) in [6.45, 7) is 4.56. The lowest BCUT2D eigenvalue weighted by atomic mass is 10.1. The lowest BCUT2D eigenvalue weighted by molar-refractivity contribution is 0.425. The highest BCUT2D eigenvalue weighted by atomic mass is 79.9. The highest BCUT2D eigenvalue weighted by Crippen LogP contribution is 2.25. The Bertz CT molecular complexity index is 800. The average molecular weight is 359 g/mol. The van der Waals surface area contributed by atoms with Crippen molar-refractivity contribution in [1.29, 1.82) is 0 Å². The monoisotopic (exact) mass is 358 g/mol. The van der Waals surface area contributed by atoms with E-state index in [1.165, 1.54) is 11.1 Å². The lowest BCUT2D eigenvalue weighted by Crippen LogP contribution is -2.04. The molecular weight excluding hydrogens is 344 g/mol. The molecule has 0 atom stereocenters. The van der Waals surface area contributed by atoms with Gasteiger partial charge in [0.2, 0.25) is 0 Å². The Labute approximate surface area is 136 Å². The van der Waals surface area contributed by atoms with Gasteiger partial charge in [-0.1, -0.05) is 27.2 Å². The van der Waals surface area contributed by atoms with Gasteiger partial charge in [0.05, 0.1) is 5.56 Å². The zero-order valence-electron chi connectivity index (χ0n) is 12.3. The van der Waals surface area contributed by atoms with E-state index in [9.17, 15) is 0 Å². The van der Waals surface area contributed by atoms with Crippen LogP contribution >= 0.6 is 15.9 Å². The number of benzene rings is 1. The molecule has 6 heteroatoms. The van der Waals surface area contributed by atoms with Crippen molar-refractivity contribution in [1.82, 2.24) is 15.1 Å². The van der Waals surface area contributed by atoms with E-state index in [1.54, 1.807) is 13.1 Å². The summed E-state index contributed by atoms with van der Waals surface area (Å²) in [5.74, 6) is 1.81. The fraction of sp³-hybridized carbons (Fsp3) is 0.188. The van der Waals surface area contributed by atoms with E-state index in [0.29, 0.717) is 18.3 Å². The molecule has 0 aliphatic rings. The maximum Gasteiger partial charge on any atom is 0.261 e. The molecule has 1 N–H and O–H groups in total. The maximum absolute atomic E-state index is 5.24. The Morgan fingerprint density at radius 1 is 1.23 bits per heavy atom. The number of hydrogen-bond donors (Lipinski definition) is 1. The summed E-state index contributed by atoms with van der Waals surface area (Å²) in [5.41, 5.74) is 3.23. The number of halogens is 1. The molecule has 2 heterocycles. The molecule has 0 saturated carbocycles. The molecule has 1 aromatic carbocycles. The zero-order valence-corrected chi connectivity index (χ0v) is 13.9. The van der Waals surface area contributed by atoms with Crippen molar-refractivity contribution in [3.63, 3.8) is 0 Å². The van der Waals surface area contributed by atoms with Gasteiger partial charge in [-0.15, -0.1) is 0 Å². The van der Waals surface area contributed by atoms with Crippen LogP contribution < -0.4 is 5.32 Å². The number of pyridine rings is 1. The quantitative estimate of drug-likeness (QED) is 0.759. The number of rotatable bonds is 4. The van der Waals surface area contributed by atoms with Crippen LogP contribution in [0.2, 0.25) is 0 Å². The third-order valence-corrected chi connectivity index (χ3v) is 3.81. The molecule has 0 spiro atoms. The van der Waals surface area contributed by atoms with Gasteiger partial charge in [0.1, 0.15) is 5.82 Å². The van der Waals surface area contributed by atoms with Crippen molar-refractivity contribution >= 4 is 21.7 Å². The second kappa shape index (κ2) is 6.27. The number of anilines is 1. The van der Waals surface area contributed by atoms with Crippen molar-refractivity contribution < 1.29 is 4.52 Å². The lowest BCUT2D eigenvalue weighted by Gasteiger charge is -2.10. The van der Waals surface area contributed by atoms with Crippen molar-refractivity contribution in [2.75, 3.05) is 5.32 Å². The minimum absolute atomic E-state index is 0.473. The molecule has 0 amide bonds. The van der Waals surface area contributed by atoms with Gasteiger partial charge in [0.25, 0.3) is 5.89 Å². The van der Waals surface area contributed by atoms with E-state index in [-0.39, 0.29) is 0 Å². The summed E-state index contributed by atoms with van der Waals surface area (Å²) in [5, 5.41) is 7.17. The molecule has 3 aromatic rings. The third-order valence-electron chi connectivity index (χ3n) is 3.32. The van der Waals surface area contributed by atoms with Gasteiger partial charge in [-0.3, -0.25) is 0 Å². The first-order valence-corrected chi connectivity index (χ1v) is 7.67. The molecule has 3 rings (SSSR count). The average Bonchev–Trinajstić information content (AvgIpc) is 2.93. The standard InChI is InChI=1S/C16H15BrN4O/c1-10-8-13(17)6-5-12(10)9-19-15-14(4-3-7-18-15)16-20-11(2)21-22-16/h3-8H,9H2,1-2H3,(H,18,19). The van der Waals surface area contributed by atoms with E-state index in [4.69, 9.17) is 4.52 Å². The molecule has 2 aromatic heterocycles. The number of aryl methyl sites for hydroxylation is 2. The Balaban J connectivity index is 1.84. The van der Waals surface area contributed by atoms with E-state index in [0.717, 1.165) is 15.9 Å². The van der Waals surface area contributed by atoms with Crippen LogP contribution in [0.1, 0.15) is 17.0 Å². The Morgan fingerprint density at radius 2 is 2.09 bits per heavy atom. The number of aromatic nitrogens is 3. The third kappa shape index (κ3) is 3.17. The van der Waals surface area contributed by atoms with Crippen LogP contribution in [0.3, 0.4) is 0 Å². The molecule has 0 aliphatic carbocycles. The first-order valence-electron chi connectivity index (χ1n) is 6.88. The van der Waals surface area contributed by atoms with E-state index in [1.807, 2.05) is 18.2 Å². The molecule has 0 fully saturated rings.